The van der Waals surface area contributed by atoms with Gasteiger partial charge in [0.15, 0.2) is 5.82 Å². The van der Waals surface area contributed by atoms with Crippen molar-refractivity contribution < 1.29 is 0 Å². The summed E-state index contributed by atoms with van der Waals surface area (Å²) in [7, 11) is 1.96. The summed E-state index contributed by atoms with van der Waals surface area (Å²) in [4.78, 5) is 13.4. The van der Waals surface area contributed by atoms with Gasteiger partial charge >= 0.3 is 0 Å². The molecule has 0 unspecified atom stereocenters. The molecule has 0 saturated carbocycles. The third-order valence-electron chi connectivity index (χ3n) is 3.62. The molecule has 2 aromatic rings. The molecular formula is C16H25N5. The summed E-state index contributed by atoms with van der Waals surface area (Å²) >= 11 is 0. The Morgan fingerprint density at radius 3 is 2.38 bits per heavy atom. The van der Waals surface area contributed by atoms with Gasteiger partial charge in [0.2, 0.25) is 0 Å². The number of imidazole rings is 1. The monoisotopic (exact) mass is 287 g/mol. The van der Waals surface area contributed by atoms with Crippen LogP contribution in [0.4, 0.5) is 0 Å². The van der Waals surface area contributed by atoms with Gasteiger partial charge in [-0.05, 0) is 38.8 Å². The second-order valence-electron chi connectivity index (χ2n) is 5.80. The predicted octanol–water partition coefficient (Wildman–Crippen LogP) is 2.42. The van der Waals surface area contributed by atoms with Crippen LogP contribution in [-0.4, -0.2) is 32.1 Å². The summed E-state index contributed by atoms with van der Waals surface area (Å²) in [5.41, 5.74) is 4.37. The van der Waals surface area contributed by atoms with E-state index in [0.29, 0.717) is 6.04 Å². The molecule has 0 amide bonds. The molecule has 0 radical (unpaired) electrons. The fourth-order valence-electron chi connectivity index (χ4n) is 2.44. The second kappa shape index (κ2) is 6.80. The second-order valence-corrected chi connectivity index (χ2v) is 5.80. The molecule has 5 nitrogen and oxygen atoms in total. The highest BCUT2D eigenvalue weighted by Gasteiger charge is 2.12. The standard InChI is InChI=1S/C16H25N5/c1-11(2)18-8-6-7-14-12(3)19-16(20-13(14)4)15-9-17-10-21(15)5/h9-11,18H,6-8H2,1-5H3. The van der Waals surface area contributed by atoms with Crippen molar-refractivity contribution in [1.82, 2.24) is 24.8 Å². The van der Waals surface area contributed by atoms with E-state index in [2.05, 4.69) is 48.0 Å². The maximum atomic E-state index is 4.66. The Bertz CT molecular complexity index is 577. The quantitative estimate of drug-likeness (QED) is 0.829. The minimum Gasteiger partial charge on any atom is -0.331 e. The lowest BCUT2D eigenvalue weighted by atomic mass is 10.1. The van der Waals surface area contributed by atoms with Gasteiger partial charge in [-0.2, -0.15) is 0 Å². The van der Waals surface area contributed by atoms with Crippen LogP contribution in [0.15, 0.2) is 12.5 Å². The summed E-state index contributed by atoms with van der Waals surface area (Å²) in [6.45, 7) is 9.50. The van der Waals surface area contributed by atoms with Crippen molar-refractivity contribution in [2.24, 2.45) is 7.05 Å². The molecule has 114 valence electrons. The molecule has 0 bridgehead atoms. The van der Waals surface area contributed by atoms with Crippen molar-refractivity contribution in [3.8, 4) is 11.5 Å². The van der Waals surface area contributed by atoms with E-state index in [1.165, 1.54) is 5.56 Å². The van der Waals surface area contributed by atoms with Crippen LogP contribution in [0.5, 0.6) is 0 Å². The Balaban J connectivity index is 2.12. The molecule has 0 aliphatic heterocycles. The zero-order valence-electron chi connectivity index (χ0n) is 13.6. The number of rotatable bonds is 6. The van der Waals surface area contributed by atoms with E-state index in [1.807, 2.05) is 11.6 Å². The molecule has 21 heavy (non-hydrogen) atoms. The van der Waals surface area contributed by atoms with E-state index in [-0.39, 0.29) is 0 Å². The normalized spacial score (nSPS) is 11.3. The van der Waals surface area contributed by atoms with Crippen LogP contribution < -0.4 is 5.32 Å². The Kier molecular flexibility index (Phi) is 5.07. The SMILES string of the molecule is Cc1nc(-c2cncn2C)nc(C)c1CCCNC(C)C. The number of nitrogens with one attached hydrogen (secondary N) is 1. The number of hydrogen-bond donors (Lipinski definition) is 1. The largest absolute Gasteiger partial charge is 0.331 e. The van der Waals surface area contributed by atoms with Crippen molar-refractivity contribution in [2.75, 3.05) is 6.54 Å². The van der Waals surface area contributed by atoms with Gasteiger partial charge in [0.25, 0.3) is 0 Å². The van der Waals surface area contributed by atoms with Crippen LogP contribution in [0.1, 0.15) is 37.2 Å². The van der Waals surface area contributed by atoms with Gasteiger partial charge in [0.1, 0.15) is 5.69 Å². The molecule has 5 heteroatoms. The summed E-state index contributed by atoms with van der Waals surface area (Å²) < 4.78 is 1.94. The Hall–Kier alpha value is -1.75. The van der Waals surface area contributed by atoms with Crippen LogP contribution in [0.3, 0.4) is 0 Å². The minimum atomic E-state index is 0.538. The predicted molar refractivity (Wildman–Crippen MR) is 85.2 cm³/mol. The Labute approximate surface area is 126 Å². The lowest BCUT2D eigenvalue weighted by Crippen LogP contribution is -2.24. The van der Waals surface area contributed by atoms with Gasteiger partial charge in [0, 0.05) is 24.5 Å². The third-order valence-corrected chi connectivity index (χ3v) is 3.62. The zero-order valence-corrected chi connectivity index (χ0v) is 13.6. The number of hydrogen-bond acceptors (Lipinski definition) is 4. The first-order valence-corrected chi connectivity index (χ1v) is 7.53. The number of nitrogens with zero attached hydrogens (tertiary/aromatic N) is 4. The minimum absolute atomic E-state index is 0.538. The first kappa shape index (κ1) is 15.6. The number of aryl methyl sites for hydroxylation is 3. The molecule has 0 spiro atoms. The fourth-order valence-corrected chi connectivity index (χ4v) is 2.44. The lowest BCUT2D eigenvalue weighted by molar-refractivity contribution is 0.569. The van der Waals surface area contributed by atoms with E-state index in [4.69, 9.17) is 0 Å². The summed E-state index contributed by atoms with van der Waals surface area (Å²) in [5, 5.41) is 3.44. The van der Waals surface area contributed by atoms with Crippen LogP contribution in [0.25, 0.3) is 11.5 Å². The van der Waals surface area contributed by atoms with E-state index in [1.54, 1.807) is 12.5 Å². The van der Waals surface area contributed by atoms with Gasteiger partial charge in [-0.15, -0.1) is 0 Å². The molecule has 0 fully saturated rings. The van der Waals surface area contributed by atoms with Crippen molar-refractivity contribution in [1.29, 1.82) is 0 Å². The molecule has 2 heterocycles. The summed E-state index contributed by atoms with van der Waals surface area (Å²) in [6, 6.07) is 0.538. The fraction of sp³-hybridized carbons (Fsp3) is 0.562. The van der Waals surface area contributed by atoms with Crippen LogP contribution in [0, 0.1) is 13.8 Å². The molecule has 0 aliphatic rings. The molecule has 0 saturated heterocycles. The van der Waals surface area contributed by atoms with Gasteiger partial charge in [-0.25, -0.2) is 15.0 Å². The average molecular weight is 287 g/mol. The smallest absolute Gasteiger partial charge is 0.178 e. The molecule has 2 rings (SSSR count). The van der Waals surface area contributed by atoms with Crippen LogP contribution in [0.2, 0.25) is 0 Å². The van der Waals surface area contributed by atoms with E-state index in [0.717, 1.165) is 42.3 Å². The molecule has 2 aromatic heterocycles. The van der Waals surface area contributed by atoms with E-state index < -0.39 is 0 Å². The molecule has 0 aliphatic carbocycles. The first-order chi connectivity index (χ1) is 9.99. The first-order valence-electron chi connectivity index (χ1n) is 7.53. The van der Waals surface area contributed by atoms with Gasteiger partial charge < -0.3 is 9.88 Å². The highest BCUT2D eigenvalue weighted by molar-refractivity contribution is 5.49. The maximum absolute atomic E-state index is 4.66. The average Bonchev–Trinajstić information content (AvgIpc) is 2.82. The van der Waals surface area contributed by atoms with Crippen molar-refractivity contribution in [2.45, 2.75) is 46.6 Å². The molecular weight excluding hydrogens is 262 g/mol. The summed E-state index contributed by atoms with van der Waals surface area (Å²) in [6.07, 6.45) is 5.70. The Morgan fingerprint density at radius 2 is 1.86 bits per heavy atom. The van der Waals surface area contributed by atoms with Crippen LogP contribution >= 0.6 is 0 Å². The zero-order chi connectivity index (χ0) is 15.4. The van der Waals surface area contributed by atoms with Crippen LogP contribution in [-0.2, 0) is 13.5 Å². The van der Waals surface area contributed by atoms with Crippen molar-refractivity contribution >= 4 is 0 Å². The highest BCUT2D eigenvalue weighted by atomic mass is 15.1. The topological polar surface area (TPSA) is 55.6 Å². The summed E-state index contributed by atoms with van der Waals surface area (Å²) in [5.74, 6) is 0.758. The lowest BCUT2D eigenvalue weighted by Gasteiger charge is -2.12. The van der Waals surface area contributed by atoms with E-state index in [9.17, 15) is 0 Å². The maximum Gasteiger partial charge on any atom is 0.178 e. The van der Waals surface area contributed by atoms with Crippen molar-refractivity contribution in [3.05, 3.63) is 29.5 Å². The molecule has 0 aromatic carbocycles. The van der Waals surface area contributed by atoms with Crippen molar-refractivity contribution in [3.63, 3.8) is 0 Å². The van der Waals surface area contributed by atoms with Gasteiger partial charge in [0.05, 0.1) is 12.5 Å². The van der Waals surface area contributed by atoms with Gasteiger partial charge in [-0.3, -0.25) is 0 Å². The Morgan fingerprint density at radius 1 is 1.19 bits per heavy atom. The van der Waals surface area contributed by atoms with Gasteiger partial charge in [-0.1, -0.05) is 13.8 Å². The number of aromatic nitrogens is 4. The highest BCUT2D eigenvalue weighted by Crippen LogP contribution is 2.19. The molecule has 1 N–H and O–H groups in total. The molecule has 0 atom stereocenters. The third kappa shape index (κ3) is 3.88. The van der Waals surface area contributed by atoms with E-state index >= 15 is 0 Å².